The van der Waals surface area contributed by atoms with Crippen LogP contribution in [0.15, 0.2) is 24.3 Å². The van der Waals surface area contributed by atoms with Gasteiger partial charge in [0, 0.05) is 12.8 Å². The van der Waals surface area contributed by atoms with Crippen molar-refractivity contribution in [3.8, 4) is 0 Å². The second kappa shape index (κ2) is 5.89. The van der Waals surface area contributed by atoms with Crippen LogP contribution in [-0.2, 0) is 9.47 Å². The summed E-state index contributed by atoms with van der Waals surface area (Å²) in [5, 5.41) is 0. The van der Waals surface area contributed by atoms with Crippen LogP contribution in [0, 0.1) is 5.41 Å². The quantitative estimate of drug-likeness (QED) is 0.756. The highest BCUT2D eigenvalue weighted by atomic mass is 16.8. The fraction of sp³-hybridized carbons (Fsp3) is 0.619. The van der Waals surface area contributed by atoms with E-state index in [2.05, 4.69) is 20.8 Å². The molecule has 0 N–H and O–H groups in total. The van der Waals surface area contributed by atoms with Crippen LogP contribution in [0.25, 0.3) is 0 Å². The third kappa shape index (κ3) is 2.60. The van der Waals surface area contributed by atoms with Crippen molar-refractivity contribution in [1.82, 2.24) is 4.90 Å². The number of hydrogen-bond donors (Lipinski definition) is 0. The molecule has 1 atom stereocenters. The molecule has 2 heterocycles. The lowest BCUT2D eigenvalue weighted by molar-refractivity contribution is -0.222. The molecule has 0 bridgehead atoms. The molecule has 0 radical (unpaired) electrons. The Morgan fingerprint density at radius 3 is 2.12 bits per heavy atom. The standard InChI is InChI=1S/C21H27NO4/c1-19(2,3)20(14-25-21(26-20)11-7-4-8-12-21)13-22-17(23)15-9-5-6-10-16(15)18(22)24/h5-6,9-10H,4,7-8,11-14H2,1-3H3. The van der Waals surface area contributed by atoms with Gasteiger partial charge in [-0.25, -0.2) is 0 Å². The molecule has 140 valence electrons. The predicted molar refractivity (Wildman–Crippen MR) is 96.8 cm³/mol. The summed E-state index contributed by atoms with van der Waals surface area (Å²) in [6, 6.07) is 7.01. The van der Waals surface area contributed by atoms with E-state index in [1.54, 1.807) is 24.3 Å². The first-order valence-electron chi connectivity index (χ1n) is 9.56. The van der Waals surface area contributed by atoms with Crippen molar-refractivity contribution in [3.05, 3.63) is 35.4 Å². The smallest absolute Gasteiger partial charge is 0.261 e. The molecule has 2 amide bonds. The number of nitrogens with zero attached hydrogens (tertiary/aromatic N) is 1. The summed E-state index contributed by atoms with van der Waals surface area (Å²) in [4.78, 5) is 27.0. The van der Waals surface area contributed by atoms with Gasteiger partial charge in [0.15, 0.2) is 5.79 Å². The molecule has 1 aromatic carbocycles. The van der Waals surface area contributed by atoms with E-state index in [0.717, 1.165) is 25.7 Å². The van der Waals surface area contributed by atoms with Crippen molar-refractivity contribution in [1.29, 1.82) is 0 Å². The zero-order valence-corrected chi connectivity index (χ0v) is 15.8. The molecule has 1 saturated carbocycles. The summed E-state index contributed by atoms with van der Waals surface area (Å²) in [5.74, 6) is -1.02. The average molecular weight is 357 g/mol. The maximum absolute atomic E-state index is 12.8. The van der Waals surface area contributed by atoms with E-state index >= 15 is 0 Å². The molecule has 0 aromatic heterocycles. The predicted octanol–water partition coefficient (Wildman–Crippen LogP) is 3.77. The molecular weight excluding hydrogens is 330 g/mol. The van der Waals surface area contributed by atoms with E-state index in [9.17, 15) is 9.59 Å². The van der Waals surface area contributed by atoms with Crippen molar-refractivity contribution in [3.63, 3.8) is 0 Å². The molecule has 4 rings (SSSR count). The molecule has 5 nitrogen and oxygen atoms in total. The number of carbonyl (C=O) groups excluding carboxylic acids is 2. The van der Waals surface area contributed by atoms with Crippen molar-refractivity contribution in [2.45, 2.75) is 64.3 Å². The third-order valence-corrected chi connectivity index (χ3v) is 6.22. The van der Waals surface area contributed by atoms with Gasteiger partial charge in [0.2, 0.25) is 0 Å². The number of carbonyl (C=O) groups is 2. The Hall–Kier alpha value is -1.72. The number of hydrogen-bond acceptors (Lipinski definition) is 4. The number of ether oxygens (including phenoxy) is 2. The van der Waals surface area contributed by atoms with Gasteiger partial charge >= 0.3 is 0 Å². The molecule has 1 saturated heterocycles. The minimum Gasteiger partial charge on any atom is -0.347 e. The van der Waals surface area contributed by atoms with Gasteiger partial charge < -0.3 is 9.47 Å². The second-order valence-electron chi connectivity index (χ2n) is 8.85. The zero-order chi connectivity index (χ0) is 18.6. The Morgan fingerprint density at radius 2 is 1.58 bits per heavy atom. The van der Waals surface area contributed by atoms with Crippen LogP contribution >= 0.6 is 0 Å². The van der Waals surface area contributed by atoms with E-state index in [0.29, 0.717) is 17.7 Å². The molecular formula is C21H27NO4. The largest absolute Gasteiger partial charge is 0.347 e. The van der Waals surface area contributed by atoms with E-state index in [4.69, 9.17) is 9.47 Å². The van der Waals surface area contributed by atoms with Crippen LogP contribution in [0.4, 0.5) is 0 Å². The van der Waals surface area contributed by atoms with Crippen LogP contribution < -0.4 is 0 Å². The van der Waals surface area contributed by atoms with E-state index in [1.165, 1.54) is 11.3 Å². The Bertz CT molecular complexity index is 710. The first-order chi connectivity index (χ1) is 12.3. The Balaban J connectivity index is 1.64. The van der Waals surface area contributed by atoms with Crippen LogP contribution in [-0.4, -0.2) is 41.3 Å². The highest BCUT2D eigenvalue weighted by Gasteiger charge is 2.58. The van der Waals surface area contributed by atoms with Crippen molar-refractivity contribution in [2.24, 2.45) is 5.41 Å². The Kier molecular flexibility index (Phi) is 4.01. The number of benzene rings is 1. The summed E-state index contributed by atoms with van der Waals surface area (Å²) in [7, 11) is 0. The lowest BCUT2D eigenvalue weighted by Gasteiger charge is -2.44. The van der Waals surface area contributed by atoms with Gasteiger partial charge in [-0.1, -0.05) is 39.3 Å². The third-order valence-electron chi connectivity index (χ3n) is 6.22. The Labute approximate surface area is 154 Å². The van der Waals surface area contributed by atoms with Crippen LogP contribution in [0.3, 0.4) is 0 Å². The van der Waals surface area contributed by atoms with Crippen LogP contribution in [0.2, 0.25) is 0 Å². The SMILES string of the molecule is CC(C)(C)C1(CN2C(=O)c3ccccc3C2=O)COC2(CCCCC2)O1. The molecule has 1 spiro atoms. The first-order valence-corrected chi connectivity index (χ1v) is 9.56. The molecule has 1 unspecified atom stereocenters. The van der Waals surface area contributed by atoms with Crippen LogP contribution in [0.5, 0.6) is 0 Å². The summed E-state index contributed by atoms with van der Waals surface area (Å²) >= 11 is 0. The minimum atomic E-state index is -0.697. The van der Waals surface area contributed by atoms with Gasteiger partial charge in [0.25, 0.3) is 11.8 Å². The molecule has 5 heteroatoms. The molecule has 1 aromatic rings. The number of amides is 2. The van der Waals surface area contributed by atoms with E-state index in [-0.39, 0.29) is 23.8 Å². The molecule has 2 aliphatic heterocycles. The van der Waals surface area contributed by atoms with Gasteiger partial charge in [-0.15, -0.1) is 0 Å². The van der Waals surface area contributed by atoms with Gasteiger partial charge in [0.05, 0.1) is 24.3 Å². The number of fused-ring (bicyclic) bond motifs is 1. The van der Waals surface area contributed by atoms with E-state index < -0.39 is 11.4 Å². The summed E-state index contributed by atoms with van der Waals surface area (Å²) in [6.45, 7) is 6.91. The molecule has 3 aliphatic rings. The summed E-state index contributed by atoms with van der Waals surface area (Å²) < 4.78 is 12.8. The fourth-order valence-corrected chi connectivity index (χ4v) is 4.32. The molecule has 1 aliphatic carbocycles. The molecule has 2 fully saturated rings. The summed E-state index contributed by atoms with van der Waals surface area (Å²) in [5.41, 5.74) is -0.0123. The zero-order valence-electron chi connectivity index (χ0n) is 15.8. The van der Waals surface area contributed by atoms with Gasteiger partial charge in [-0.05, 0) is 30.4 Å². The van der Waals surface area contributed by atoms with Crippen molar-refractivity contribution in [2.75, 3.05) is 13.2 Å². The lowest BCUT2D eigenvalue weighted by Crippen LogP contribution is -2.56. The maximum atomic E-state index is 12.8. The average Bonchev–Trinajstić information content (AvgIpc) is 3.08. The minimum absolute atomic E-state index is 0.227. The summed E-state index contributed by atoms with van der Waals surface area (Å²) in [6.07, 6.45) is 5.15. The maximum Gasteiger partial charge on any atom is 0.261 e. The first kappa shape index (κ1) is 17.7. The highest BCUT2D eigenvalue weighted by molar-refractivity contribution is 6.21. The number of rotatable bonds is 2. The van der Waals surface area contributed by atoms with Gasteiger partial charge in [-0.2, -0.15) is 0 Å². The van der Waals surface area contributed by atoms with Crippen molar-refractivity contribution < 1.29 is 19.1 Å². The van der Waals surface area contributed by atoms with Crippen molar-refractivity contribution >= 4 is 11.8 Å². The van der Waals surface area contributed by atoms with Gasteiger partial charge in [0.1, 0.15) is 5.60 Å². The van der Waals surface area contributed by atoms with E-state index in [1.807, 2.05) is 0 Å². The molecule has 26 heavy (non-hydrogen) atoms. The fourth-order valence-electron chi connectivity index (χ4n) is 4.32. The Morgan fingerprint density at radius 1 is 1.00 bits per heavy atom. The normalized spacial score (nSPS) is 28.0. The van der Waals surface area contributed by atoms with Gasteiger partial charge in [-0.3, -0.25) is 14.5 Å². The second-order valence-corrected chi connectivity index (χ2v) is 8.85. The monoisotopic (exact) mass is 357 g/mol. The topological polar surface area (TPSA) is 55.8 Å². The van der Waals surface area contributed by atoms with Crippen LogP contribution in [0.1, 0.15) is 73.6 Å². The lowest BCUT2D eigenvalue weighted by atomic mass is 9.76. The highest BCUT2D eigenvalue weighted by Crippen LogP contribution is 2.49. The number of imide groups is 1.